The topological polar surface area (TPSA) is 94.3 Å². The van der Waals surface area contributed by atoms with E-state index in [1.807, 2.05) is 6.07 Å². The number of nitrogens with zero attached hydrogens (tertiary/aromatic N) is 5. The van der Waals surface area contributed by atoms with E-state index < -0.39 is 0 Å². The number of aliphatic imine (C=N–C) groups is 1. The minimum atomic E-state index is -0.364. The summed E-state index contributed by atoms with van der Waals surface area (Å²) in [4.78, 5) is 27.7. The van der Waals surface area contributed by atoms with Crippen molar-refractivity contribution in [1.29, 1.82) is 5.26 Å². The molecule has 0 bridgehead atoms. The SMILES string of the molecule is N#CN1CC2CC(C=NC(=O)c3ncc(-c4cnccc4Nc4ccc(F)cc4)s3)C2C1. The molecule has 9 heteroatoms. The number of amides is 1. The number of pyridine rings is 1. The quantitative estimate of drug-likeness (QED) is 0.463. The maximum absolute atomic E-state index is 13.2. The van der Waals surface area contributed by atoms with E-state index in [4.69, 9.17) is 5.26 Å². The zero-order valence-corrected chi connectivity index (χ0v) is 17.8. The van der Waals surface area contributed by atoms with E-state index in [9.17, 15) is 9.18 Å². The molecule has 1 saturated heterocycles. The molecule has 2 fully saturated rings. The number of aromatic nitrogens is 2. The normalized spacial score (nSPS) is 21.8. The van der Waals surface area contributed by atoms with E-state index >= 15 is 0 Å². The minimum absolute atomic E-state index is 0.242. The molecule has 1 aliphatic heterocycles. The first-order valence-corrected chi connectivity index (χ1v) is 11.1. The molecule has 1 amide bonds. The highest BCUT2D eigenvalue weighted by atomic mass is 32.1. The van der Waals surface area contributed by atoms with E-state index in [0.717, 1.165) is 41.3 Å². The number of thiazole rings is 1. The van der Waals surface area contributed by atoms with Gasteiger partial charge in [0.2, 0.25) is 0 Å². The van der Waals surface area contributed by atoms with Crippen LogP contribution in [0, 0.1) is 35.0 Å². The standard InChI is InChI=1S/C23H19FN6OS/c24-16-1-3-17(4-2-16)29-20-5-6-26-9-18(20)21-10-28-23(32-21)22(31)27-8-14-7-15-11-30(13-25)12-19(14)15/h1-6,8-10,14-15,19H,7,11-12H2,(H,26,29). The second kappa shape index (κ2) is 8.48. The van der Waals surface area contributed by atoms with Crippen molar-refractivity contribution in [1.82, 2.24) is 14.9 Å². The zero-order chi connectivity index (χ0) is 22.1. The summed E-state index contributed by atoms with van der Waals surface area (Å²) < 4.78 is 13.2. The largest absolute Gasteiger partial charge is 0.355 e. The van der Waals surface area contributed by atoms with Gasteiger partial charge in [0.1, 0.15) is 5.82 Å². The average molecular weight is 447 g/mol. The summed E-state index contributed by atoms with van der Waals surface area (Å²) in [6, 6.07) is 7.90. The van der Waals surface area contributed by atoms with Gasteiger partial charge in [-0.15, -0.1) is 11.3 Å². The van der Waals surface area contributed by atoms with Crippen LogP contribution in [-0.2, 0) is 0 Å². The number of fused-ring (bicyclic) bond motifs is 1. The number of anilines is 2. The number of carbonyl (C=O) groups excluding carboxylic acids is 1. The van der Waals surface area contributed by atoms with Crippen LogP contribution in [0.2, 0.25) is 0 Å². The number of nitriles is 1. The molecule has 3 aromatic rings. The monoisotopic (exact) mass is 446 g/mol. The first kappa shape index (κ1) is 20.3. The van der Waals surface area contributed by atoms with Gasteiger partial charge in [-0.2, -0.15) is 5.26 Å². The molecule has 1 aliphatic carbocycles. The molecule has 0 radical (unpaired) electrons. The maximum Gasteiger partial charge on any atom is 0.305 e. The first-order valence-electron chi connectivity index (χ1n) is 10.3. The van der Waals surface area contributed by atoms with Crippen LogP contribution in [0.3, 0.4) is 0 Å². The summed E-state index contributed by atoms with van der Waals surface area (Å²) in [5.74, 6) is 0.520. The molecule has 7 nitrogen and oxygen atoms in total. The molecule has 160 valence electrons. The number of nitrogens with one attached hydrogen (secondary N) is 1. The van der Waals surface area contributed by atoms with Gasteiger partial charge in [-0.25, -0.2) is 14.4 Å². The van der Waals surface area contributed by atoms with Crippen molar-refractivity contribution < 1.29 is 9.18 Å². The van der Waals surface area contributed by atoms with Gasteiger partial charge in [-0.3, -0.25) is 9.78 Å². The van der Waals surface area contributed by atoms with Crippen molar-refractivity contribution in [3.05, 3.63) is 59.7 Å². The Kier molecular flexibility index (Phi) is 5.37. The Morgan fingerprint density at radius 2 is 2.12 bits per heavy atom. The van der Waals surface area contributed by atoms with E-state index in [1.54, 1.807) is 41.8 Å². The third kappa shape index (κ3) is 3.97. The highest BCUT2D eigenvalue weighted by Crippen LogP contribution is 2.44. The Hall–Kier alpha value is -3.64. The molecule has 3 heterocycles. The Morgan fingerprint density at radius 3 is 2.94 bits per heavy atom. The summed E-state index contributed by atoms with van der Waals surface area (Å²) in [5.41, 5.74) is 2.31. The molecule has 1 saturated carbocycles. The molecule has 32 heavy (non-hydrogen) atoms. The van der Waals surface area contributed by atoms with Gasteiger partial charge in [-0.1, -0.05) is 0 Å². The minimum Gasteiger partial charge on any atom is -0.355 e. The molecular formula is C23H19FN6OS. The lowest BCUT2D eigenvalue weighted by molar-refractivity contribution is 0.1000. The number of likely N-dealkylation sites (tertiary alicyclic amines) is 1. The molecular weight excluding hydrogens is 427 g/mol. The van der Waals surface area contributed by atoms with Gasteiger partial charge >= 0.3 is 5.91 Å². The van der Waals surface area contributed by atoms with Crippen LogP contribution in [0.15, 0.2) is 53.9 Å². The van der Waals surface area contributed by atoms with Crippen LogP contribution >= 0.6 is 11.3 Å². The summed E-state index contributed by atoms with van der Waals surface area (Å²) >= 11 is 1.26. The predicted octanol–water partition coefficient (Wildman–Crippen LogP) is 4.35. The summed E-state index contributed by atoms with van der Waals surface area (Å²) in [7, 11) is 0. The van der Waals surface area contributed by atoms with Crippen molar-refractivity contribution in [3.8, 4) is 16.6 Å². The lowest BCUT2D eigenvalue weighted by Crippen LogP contribution is -2.36. The molecule has 3 unspecified atom stereocenters. The highest BCUT2D eigenvalue weighted by molar-refractivity contribution is 7.17. The van der Waals surface area contributed by atoms with E-state index in [1.165, 1.54) is 23.5 Å². The van der Waals surface area contributed by atoms with Crippen molar-refractivity contribution in [2.45, 2.75) is 6.42 Å². The summed E-state index contributed by atoms with van der Waals surface area (Å²) in [6.45, 7) is 1.56. The maximum atomic E-state index is 13.2. The van der Waals surface area contributed by atoms with Crippen LogP contribution in [0.4, 0.5) is 15.8 Å². The van der Waals surface area contributed by atoms with E-state index in [2.05, 4.69) is 26.5 Å². The number of rotatable bonds is 5. The highest BCUT2D eigenvalue weighted by Gasteiger charge is 2.46. The number of hydrogen-bond acceptors (Lipinski definition) is 7. The van der Waals surface area contributed by atoms with Gasteiger partial charge < -0.3 is 10.2 Å². The van der Waals surface area contributed by atoms with E-state index in [0.29, 0.717) is 16.8 Å². The smallest absolute Gasteiger partial charge is 0.305 e. The molecule has 2 aromatic heterocycles. The van der Waals surface area contributed by atoms with Crippen LogP contribution in [0.1, 0.15) is 16.2 Å². The lowest BCUT2D eigenvalue weighted by atomic mass is 9.67. The number of benzene rings is 1. The van der Waals surface area contributed by atoms with Gasteiger partial charge in [0, 0.05) is 49.1 Å². The van der Waals surface area contributed by atoms with Crippen molar-refractivity contribution in [2.75, 3.05) is 18.4 Å². The molecule has 0 spiro atoms. The molecule has 5 rings (SSSR count). The molecule has 1 aromatic carbocycles. The van der Waals surface area contributed by atoms with Crippen LogP contribution in [0.5, 0.6) is 0 Å². The van der Waals surface area contributed by atoms with E-state index in [-0.39, 0.29) is 17.6 Å². The third-order valence-electron chi connectivity index (χ3n) is 6.04. The van der Waals surface area contributed by atoms with Crippen LogP contribution in [0.25, 0.3) is 10.4 Å². The number of hydrogen-bond donors (Lipinski definition) is 1. The van der Waals surface area contributed by atoms with Crippen molar-refractivity contribution in [2.24, 2.45) is 22.7 Å². The second-order valence-corrected chi connectivity index (χ2v) is 9.03. The predicted molar refractivity (Wildman–Crippen MR) is 120 cm³/mol. The second-order valence-electron chi connectivity index (χ2n) is 7.99. The van der Waals surface area contributed by atoms with Gasteiger partial charge in [0.25, 0.3) is 0 Å². The number of halogens is 1. The summed E-state index contributed by atoms with van der Waals surface area (Å²) in [6.07, 6.45) is 9.91. The Morgan fingerprint density at radius 1 is 1.28 bits per heavy atom. The Bertz CT molecular complexity index is 1220. The van der Waals surface area contributed by atoms with Gasteiger partial charge in [-0.05, 0) is 54.5 Å². The molecule has 3 atom stereocenters. The third-order valence-corrected chi connectivity index (χ3v) is 7.06. The van der Waals surface area contributed by atoms with Crippen LogP contribution in [-0.4, -0.2) is 40.1 Å². The fourth-order valence-electron chi connectivity index (χ4n) is 4.32. The van der Waals surface area contributed by atoms with Crippen LogP contribution < -0.4 is 5.32 Å². The Labute approximate surface area is 188 Å². The summed E-state index contributed by atoms with van der Waals surface area (Å²) in [5, 5.41) is 12.6. The van der Waals surface area contributed by atoms with Gasteiger partial charge in [0.05, 0.1) is 10.6 Å². The first-order chi connectivity index (χ1) is 15.6. The molecule has 1 N–H and O–H groups in total. The fraction of sp³-hybridized carbons (Fsp3) is 0.261. The fourth-order valence-corrected chi connectivity index (χ4v) is 5.15. The Balaban J connectivity index is 1.28. The average Bonchev–Trinajstić information content (AvgIpc) is 3.41. The van der Waals surface area contributed by atoms with Crippen molar-refractivity contribution in [3.63, 3.8) is 0 Å². The number of carbonyl (C=O) groups is 1. The lowest BCUT2D eigenvalue weighted by Gasteiger charge is -2.36. The van der Waals surface area contributed by atoms with Gasteiger partial charge in [0.15, 0.2) is 11.2 Å². The van der Waals surface area contributed by atoms with Crippen molar-refractivity contribution >= 4 is 34.8 Å². The zero-order valence-electron chi connectivity index (χ0n) is 17.0. The molecule has 2 aliphatic rings.